The van der Waals surface area contributed by atoms with Crippen LogP contribution in [0.3, 0.4) is 0 Å². The Hall–Kier alpha value is -2.09. The third kappa shape index (κ3) is 2.34. The van der Waals surface area contributed by atoms with Gasteiger partial charge in [-0.15, -0.1) is 0 Å². The maximum atomic E-state index is 11.1. The van der Waals surface area contributed by atoms with Crippen molar-refractivity contribution in [3.8, 4) is 11.1 Å². The van der Waals surface area contributed by atoms with Gasteiger partial charge in [0.25, 0.3) is 0 Å². The average molecular weight is 266 g/mol. The first-order valence-corrected chi connectivity index (χ1v) is 7.07. The second kappa shape index (κ2) is 5.12. The van der Waals surface area contributed by atoms with Crippen molar-refractivity contribution in [1.82, 2.24) is 0 Å². The lowest BCUT2D eigenvalue weighted by molar-refractivity contribution is -0.139. The summed E-state index contributed by atoms with van der Waals surface area (Å²) >= 11 is 0. The number of carbonyl (C=O) groups is 1. The highest BCUT2D eigenvalue weighted by molar-refractivity contribution is 5.70. The van der Waals surface area contributed by atoms with Crippen molar-refractivity contribution < 1.29 is 9.90 Å². The van der Waals surface area contributed by atoms with E-state index in [0.29, 0.717) is 0 Å². The van der Waals surface area contributed by atoms with Gasteiger partial charge in [-0.25, -0.2) is 0 Å². The van der Waals surface area contributed by atoms with Crippen LogP contribution in [-0.2, 0) is 10.2 Å². The largest absolute Gasteiger partial charge is 0.481 e. The molecule has 0 unspecified atom stereocenters. The molecule has 0 saturated heterocycles. The van der Waals surface area contributed by atoms with E-state index in [1.165, 1.54) is 16.7 Å². The monoisotopic (exact) mass is 266 g/mol. The van der Waals surface area contributed by atoms with Gasteiger partial charge in [0.05, 0.1) is 6.42 Å². The van der Waals surface area contributed by atoms with Gasteiger partial charge < -0.3 is 5.11 Å². The summed E-state index contributed by atoms with van der Waals surface area (Å²) in [6.45, 7) is 0. The van der Waals surface area contributed by atoms with Crippen LogP contribution < -0.4 is 0 Å². The van der Waals surface area contributed by atoms with Crippen molar-refractivity contribution in [1.29, 1.82) is 0 Å². The van der Waals surface area contributed by atoms with Gasteiger partial charge in [0.2, 0.25) is 0 Å². The summed E-state index contributed by atoms with van der Waals surface area (Å²) in [4.78, 5) is 11.1. The fourth-order valence-corrected chi connectivity index (χ4v) is 3.11. The minimum Gasteiger partial charge on any atom is -0.481 e. The summed E-state index contributed by atoms with van der Waals surface area (Å²) in [6, 6.07) is 18.7. The zero-order chi connectivity index (χ0) is 14.0. The summed E-state index contributed by atoms with van der Waals surface area (Å²) in [5.41, 5.74) is 3.42. The molecule has 1 aliphatic carbocycles. The van der Waals surface area contributed by atoms with Gasteiger partial charge in [-0.2, -0.15) is 0 Å². The molecule has 0 atom stereocenters. The SMILES string of the molecule is O=C(O)CC1(c2ccc(-c3ccccc3)cc2)CCC1. The summed E-state index contributed by atoms with van der Waals surface area (Å²) in [7, 11) is 0. The molecule has 1 aliphatic rings. The highest BCUT2D eigenvalue weighted by Crippen LogP contribution is 2.46. The summed E-state index contributed by atoms with van der Waals surface area (Å²) in [6.07, 6.45) is 3.36. The number of benzene rings is 2. The van der Waals surface area contributed by atoms with Crippen LogP contribution in [0.25, 0.3) is 11.1 Å². The van der Waals surface area contributed by atoms with Gasteiger partial charge >= 0.3 is 5.97 Å². The molecule has 0 aromatic heterocycles. The lowest BCUT2D eigenvalue weighted by Gasteiger charge is -2.41. The fraction of sp³-hybridized carbons (Fsp3) is 0.278. The first-order valence-electron chi connectivity index (χ1n) is 7.07. The molecule has 20 heavy (non-hydrogen) atoms. The molecular formula is C18H18O2. The topological polar surface area (TPSA) is 37.3 Å². The molecule has 2 nitrogen and oxygen atoms in total. The maximum Gasteiger partial charge on any atom is 0.304 e. The van der Waals surface area contributed by atoms with E-state index in [0.717, 1.165) is 19.3 Å². The van der Waals surface area contributed by atoms with Crippen molar-refractivity contribution in [3.63, 3.8) is 0 Å². The Bertz CT molecular complexity index is 595. The normalized spacial score (nSPS) is 16.4. The van der Waals surface area contributed by atoms with Crippen LogP contribution in [0, 0.1) is 0 Å². The number of carboxylic acid groups (broad SMARTS) is 1. The molecule has 0 heterocycles. The Morgan fingerprint density at radius 2 is 1.55 bits per heavy atom. The molecule has 1 fully saturated rings. The summed E-state index contributed by atoms with van der Waals surface area (Å²) < 4.78 is 0. The van der Waals surface area contributed by atoms with Crippen molar-refractivity contribution in [3.05, 3.63) is 60.2 Å². The second-order valence-electron chi connectivity index (χ2n) is 5.65. The molecule has 0 radical (unpaired) electrons. The van der Waals surface area contributed by atoms with Gasteiger partial charge in [-0.1, -0.05) is 61.0 Å². The van der Waals surface area contributed by atoms with Crippen molar-refractivity contribution in [2.24, 2.45) is 0 Å². The van der Waals surface area contributed by atoms with Crippen molar-refractivity contribution >= 4 is 5.97 Å². The van der Waals surface area contributed by atoms with E-state index < -0.39 is 5.97 Å². The average Bonchev–Trinajstić information content (AvgIpc) is 2.44. The van der Waals surface area contributed by atoms with Crippen LogP contribution in [0.15, 0.2) is 54.6 Å². The van der Waals surface area contributed by atoms with Gasteiger partial charge in [-0.05, 0) is 29.5 Å². The molecule has 1 N–H and O–H groups in total. The second-order valence-corrected chi connectivity index (χ2v) is 5.65. The first kappa shape index (κ1) is 12.9. The van der Waals surface area contributed by atoms with Crippen LogP contribution in [0.4, 0.5) is 0 Å². The Morgan fingerprint density at radius 1 is 0.950 bits per heavy atom. The van der Waals surface area contributed by atoms with E-state index in [2.05, 4.69) is 36.4 Å². The Kier molecular flexibility index (Phi) is 3.31. The maximum absolute atomic E-state index is 11.1. The zero-order valence-corrected chi connectivity index (χ0v) is 11.4. The van der Waals surface area contributed by atoms with E-state index in [9.17, 15) is 4.79 Å². The van der Waals surface area contributed by atoms with Crippen LogP contribution in [0.1, 0.15) is 31.2 Å². The van der Waals surface area contributed by atoms with E-state index in [-0.39, 0.29) is 11.8 Å². The molecule has 2 heteroatoms. The third-order valence-corrected chi connectivity index (χ3v) is 4.40. The zero-order valence-electron chi connectivity index (χ0n) is 11.4. The van der Waals surface area contributed by atoms with Crippen LogP contribution in [0.5, 0.6) is 0 Å². The molecule has 3 rings (SSSR count). The predicted octanol–water partition coefficient (Wildman–Crippen LogP) is 4.25. The van der Waals surface area contributed by atoms with Crippen molar-refractivity contribution in [2.45, 2.75) is 31.1 Å². The van der Waals surface area contributed by atoms with E-state index >= 15 is 0 Å². The number of rotatable bonds is 4. The molecule has 0 aliphatic heterocycles. The summed E-state index contributed by atoms with van der Waals surface area (Å²) in [5.74, 6) is -0.697. The van der Waals surface area contributed by atoms with Crippen LogP contribution >= 0.6 is 0 Å². The molecule has 0 bridgehead atoms. The lowest BCUT2D eigenvalue weighted by Crippen LogP contribution is -2.36. The predicted molar refractivity (Wildman–Crippen MR) is 79.7 cm³/mol. The number of carboxylic acids is 1. The lowest BCUT2D eigenvalue weighted by atomic mass is 9.62. The minimum absolute atomic E-state index is 0.124. The smallest absolute Gasteiger partial charge is 0.304 e. The highest BCUT2D eigenvalue weighted by Gasteiger charge is 2.40. The van der Waals surface area contributed by atoms with Crippen LogP contribution in [-0.4, -0.2) is 11.1 Å². The van der Waals surface area contributed by atoms with Crippen LogP contribution in [0.2, 0.25) is 0 Å². The molecule has 102 valence electrons. The molecule has 0 amide bonds. The Balaban J connectivity index is 1.88. The van der Waals surface area contributed by atoms with E-state index in [4.69, 9.17) is 5.11 Å². The Labute approximate surface area is 119 Å². The van der Waals surface area contributed by atoms with Crippen molar-refractivity contribution in [2.75, 3.05) is 0 Å². The molecule has 0 spiro atoms. The first-order chi connectivity index (χ1) is 9.70. The molecule has 1 saturated carbocycles. The molecule has 2 aromatic rings. The molecular weight excluding hydrogens is 248 g/mol. The van der Waals surface area contributed by atoms with Gasteiger partial charge in [0.1, 0.15) is 0 Å². The highest BCUT2D eigenvalue weighted by atomic mass is 16.4. The quantitative estimate of drug-likeness (QED) is 0.898. The minimum atomic E-state index is -0.697. The molecule has 2 aromatic carbocycles. The van der Waals surface area contributed by atoms with E-state index in [1.54, 1.807) is 0 Å². The summed E-state index contributed by atoms with van der Waals surface area (Å²) in [5, 5.41) is 9.11. The standard InChI is InChI=1S/C18H18O2/c19-17(20)13-18(11-4-12-18)16-9-7-15(8-10-16)14-5-2-1-3-6-14/h1-3,5-10H,4,11-13H2,(H,19,20). The van der Waals surface area contributed by atoms with E-state index in [1.807, 2.05) is 18.2 Å². The number of aliphatic carboxylic acids is 1. The fourth-order valence-electron chi connectivity index (χ4n) is 3.11. The Morgan fingerprint density at radius 3 is 2.05 bits per heavy atom. The van der Waals surface area contributed by atoms with Gasteiger partial charge in [-0.3, -0.25) is 4.79 Å². The van der Waals surface area contributed by atoms with Gasteiger partial charge in [0.15, 0.2) is 0 Å². The third-order valence-electron chi connectivity index (χ3n) is 4.40. The number of hydrogen-bond acceptors (Lipinski definition) is 1. The van der Waals surface area contributed by atoms with Gasteiger partial charge in [0, 0.05) is 5.41 Å². The number of hydrogen-bond donors (Lipinski definition) is 1.